The number of ether oxygens (including phenoxy) is 1. The highest BCUT2D eigenvalue weighted by molar-refractivity contribution is 5.75. The molecule has 0 amide bonds. The van der Waals surface area contributed by atoms with Crippen molar-refractivity contribution in [2.75, 3.05) is 0 Å². The molecule has 0 saturated carbocycles. The minimum atomic E-state index is -0.367. The molecule has 2 rings (SSSR count). The van der Waals surface area contributed by atoms with Crippen molar-refractivity contribution < 1.29 is 14.3 Å². The van der Waals surface area contributed by atoms with Crippen molar-refractivity contribution in [2.45, 2.75) is 6.92 Å². The molecule has 0 aliphatic carbocycles. The maximum absolute atomic E-state index is 10.5. The second-order valence-electron chi connectivity index (χ2n) is 3.44. The third-order valence-corrected chi connectivity index (χ3v) is 1.94. The summed E-state index contributed by atoms with van der Waals surface area (Å²) < 4.78 is 4.76. The summed E-state index contributed by atoms with van der Waals surface area (Å²) in [5.74, 6) is 0.0851. The summed E-state index contributed by atoms with van der Waals surface area (Å²) in [6.07, 6.45) is 0.734. The molecule has 0 unspecified atom stereocenters. The van der Waals surface area contributed by atoms with Crippen LogP contribution in [0.15, 0.2) is 60.7 Å². The second-order valence-corrected chi connectivity index (χ2v) is 3.44. The molecule has 0 fully saturated rings. The molecule has 0 aromatic heterocycles. The first kappa shape index (κ1) is 13.6. The van der Waals surface area contributed by atoms with Gasteiger partial charge in [0.15, 0.2) is 0 Å². The van der Waals surface area contributed by atoms with E-state index in [2.05, 4.69) is 0 Å². The number of rotatable bonds is 2. The molecule has 0 bridgehead atoms. The van der Waals surface area contributed by atoms with E-state index in [1.54, 1.807) is 24.3 Å². The van der Waals surface area contributed by atoms with E-state index < -0.39 is 0 Å². The lowest BCUT2D eigenvalue weighted by Gasteiger charge is -1.99. The monoisotopic (exact) mass is 242 g/mol. The third kappa shape index (κ3) is 5.61. The Kier molecular flexibility index (Phi) is 5.90. The Morgan fingerprint density at radius 1 is 0.944 bits per heavy atom. The van der Waals surface area contributed by atoms with Crippen LogP contribution in [0, 0.1) is 0 Å². The molecule has 2 aromatic rings. The average Bonchev–Trinajstić information content (AvgIpc) is 2.42. The zero-order chi connectivity index (χ0) is 13.2. The van der Waals surface area contributed by atoms with Crippen molar-refractivity contribution >= 4 is 12.3 Å². The highest BCUT2D eigenvalue weighted by Gasteiger charge is 1.96. The predicted octanol–water partition coefficient (Wildman–Crippen LogP) is 3.11. The fourth-order valence-electron chi connectivity index (χ4n) is 1.17. The summed E-state index contributed by atoms with van der Waals surface area (Å²) in [5.41, 5.74) is 0.561. The van der Waals surface area contributed by atoms with Crippen molar-refractivity contribution in [2.24, 2.45) is 0 Å². The fraction of sp³-hybridized carbons (Fsp3) is 0.0667. The minimum Gasteiger partial charge on any atom is -0.427 e. The van der Waals surface area contributed by atoms with E-state index in [9.17, 15) is 9.59 Å². The van der Waals surface area contributed by atoms with E-state index in [1.807, 2.05) is 36.4 Å². The van der Waals surface area contributed by atoms with Crippen LogP contribution in [-0.2, 0) is 4.79 Å². The maximum Gasteiger partial charge on any atom is 0.308 e. The van der Waals surface area contributed by atoms with Crippen molar-refractivity contribution in [3.8, 4) is 5.75 Å². The number of hydrogen-bond acceptors (Lipinski definition) is 3. The average molecular weight is 242 g/mol. The van der Waals surface area contributed by atoms with Crippen LogP contribution in [0.3, 0.4) is 0 Å². The van der Waals surface area contributed by atoms with Gasteiger partial charge in [0, 0.05) is 12.5 Å². The van der Waals surface area contributed by atoms with Crippen molar-refractivity contribution in [3.63, 3.8) is 0 Å². The van der Waals surface area contributed by atoms with E-state index in [0.29, 0.717) is 11.3 Å². The van der Waals surface area contributed by atoms with Crippen LogP contribution in [0.5, 0.6) is 5.75 Å². The molecule has 0 heterocycles. The van der Waals surface area contributed by atoms with E-state index >= 15 is 0 Å². The normalized spacial score (nSPS) is 8.72. The molecule has 0 spiro atoms. The van der Waals surface area contributed by atoms with Gasteiger partial charge in [-0.2, -0.15) is 0 Å². The van der Waals surface area contributed by atoms with Gasteiger partial charge in [-0.1, -0.05) is 36.4 Å². The highest BCUT2D eigenvalue weighted by atomic mass is 16.5. The standard InChI is InChI=1S/C9H8O3.C6H6/c1-7(11)12-9-4-2-8(6-10)3-5-9;1-2-4-6-5-3-1/h2-6H,1H3;1-6H. The van der Waals surface area contributed by atoms with Crippen LogP contribution in [0.4, 0.5) is 0 Å². The number of carbonyl (C=O) groups excluding carboxylic acids is 2. The number of aldehydes is 1. The molecular formula is C15H14O3. The molecule has 0 radical (unpaired) electrons. The SMILES string of the molecule is CC(=O)Oc1ccc(C=O)cc1.c1ccccc1. The maximum atomic E-state index is 10.5. The lowest BCUT2D eigenvalue weighted by Crippen LogP contribution is -2.00. The Morgan fingerprint density at radius 3 is 1.72 bits per heavy atom. The second kappa shape index (κ2) is 7.79. The van der Waals surface area contributed by atoms with Crippen molar-refractivity contribution in [3.05, 3.63) is 66.2 Å². The van der Waals surface area contributed by atoms with Gasteiger partial charge in [0.05, 0.1) is 0 Å². The van der Waals surface area contributed by atoms with Gasteiger partial charge in [0.1, 0.15) is 12.0 Å². The number of benzene rings is 2. The van der Waals surface area contributed by atoms with Crippen LogP contribution in [-0.4, -0.2) is 12.3 Å². The van der Waals surface area contributed by atoms with Gasteiger partial charge < -0.3 is 4.74 Å². The van der Waals surface area contributed by atoms with Crippen LogP contribution in [0.1, 0.15) is 17.3 Å². The first-order valence-electron chi connectivity index (χ1n) is 5.46. The molecule has 18 heavy (non-hydrogen) atoms. The van der Waals surface area contributed by atoms with Crippen LogP contribution < -0.4 is 4.74 Å². The van der Waals surface area contributed by atoms with Crippen LogP contribution >= 0.6 is 0 Å². The summed E-state index contributed by atoms with van der Waals surface area (Å²) in [6, 6.07) is 18.3. The van der Waals surface area contributed by atoms with Crippen LogP contribution in [0.2, 0.25) is 0 Å². The summed E-state index contributed by atoms with van der Waals surface area (Å²) in [5, 5.41) is 0. The van der Waals surface area contributed by atoms with E-state index in [1.165, 1.54) is 6.92 Å². The van der Waals surface area contributed by atoms with Gasteiger partial charge >= 0.3 is 5.97 Å². The molecule has 0 N–H and O–H groups in total. The lowest BCUT2D eigenvalue weighted by atomic mass is 10.2. The summed E-state index contributed by atoms with van der Waals surface area (Å²) >= 11 is 0. The Bertz CT molecular complexity index is 448. The third-order valence-electron chi connectivity index (χ3n) is 1.94. The van der Waals surface area contributed by atoms with Gasteiger partial charge in [-0.05, 0) is 24.3 Å². The number of esters is 1. The van der Waals surface area contributed by atoms with E-state index in [4.69, 9.17) is 4.74 Å². The Hall–Kier alpha value is -2.42. The zero-order valence-corrected chi connectivity index (χ0v) is 10.1. The first-order valence-corrected chi connectivity index (χ1v) is 5.46. The largest absolute Gasteiger partial charge is 0.427 e. The van der Waals surface area contributed by atoms with Crippen LogP contribution in [0.25, 0.3) is 0 Å². The molecule has 3 heteroatoms. The van der Waals surface area contributed by atoms with E-state index in [-0.39, 0.29) is 5.97 Å². The quantitative estimate of drug-likeness (QED) is 0.461. The minimum absolute atomic E-state index is 0.367. The van der Waals surface area contributed by atoms with Crippen molar-refractivity contribution in [1.29, 1.82) is 0 Å². The lowest BCUT2D eigenvalue weighted by molar-refractivity contribution is -0.131. The topological polar surface area (TPSA) is 43.4 Å². The Labute approximate surface area is 106 Å². The molecule has 92 valence electrons. The molecule has 0 atom stereocenters. The number of carbonyl (C=O) groups is 2. The van der Waals surface area contributed by atoms with Gasteiger partial charge in [-0.3, -0.25) is 9.59 Å². The molecule has 0 aliphatic heterocycles. The molecular weight excluding hydrogens is 228 g/mol. The Balaban J connectivity index is 0.000000225. The fourth-order valence-corrected chi connectivity index (χ4v) is 1.17. The van der Waals surface area contributed by atoms with Crippen molar-refractivity contribution in [1.82, 2.24) is 0 Å². The summed E-state index contributed by atoms with van der Waals surface area (Å²) in [4.78, 5) is 20.7. The summed E-state index contributed by atoms with van der Waals surface area (Å²) in [7, 11) is 0. The van der Waals surface area contributed by atoms with Gasteiger partial charge in [0.25, 0.3) is 0 Å². The zero-order valence-electron chi connectivity index (χ0n) is 10.1. The smallest absolute Gasteiger partial charge is 0.308 e. The van der Waals surface area contributed by atoms with E-state index in [0.717, 1.165) is 6.29 Å². The molecule has 3 nitrogen and oxygen atoms in total. The Morgan fingerprint density at radius 2 is 1.39 bits per heavy atom. The first-order chi connectivity index (χ1) is 8.72. The number of hydrogen-bond donors (Lipinski definition) is 0. The van der Waals surface area contributed by atoms with Gasteiger partial charge in [-0.25, -0.2) is 0 Å². The molecule has 0 saturated heterocycles. The summed E-state index contributed by atoms with van der Waals surface area (Å²) in [6.45, 7) is 1.33. The predicted molar refractivity (Wildman–Crippen MR) is 69.6 cm³/mol. The molecule has 0 aliphatic rings. The van der Waals surface area contributed by atoms with Gasteiger partial charge in [0.2, 0.25) is 0 Å². The van der Waals surface area contributed by atoms with Gasteiger partial charge in [-0.15, -0.1) is 0 Å². The molecule has 2 aromatic carbocycles. The highest BCUT2D eigenvalue weighted by Crippen LogP contribution is 2.10.